The first-order valence-electron chi connectivity index (χ1n) is 8.17. The van der Waals surface area contributed by atoms with Crippen LogP contribution in [-0.2, 0) is 22.6 Å². The van der Waals surface area contributed by atoms with Crippen LogP contribution in [0.1, 0.15) is 18.1 Å². The van der Waals surface area contributed by atoms with Crippen molar-refractivity contribution < 1.29 is 14.0 Å². The number of carbonyl (C=O) groups is 2. The molecule has 2 amide bonds. The molecule has 132 valence electrons. The van der Waals surface area contributed by atoms with E-state index in [0.717, 1.165) is 18.7 Å². The van der Waals surface area contributed by atoms with E-state index in [4.69, 9.17) is 0 Å². The van der Waals surface area contributed by atoms with E-state index in [1.54, 1.807) is 18.2 Å². The van der Waals surface area contributed by atoms with E-state index in [1.807, 2.05) is 25.1 Å². The highest BCUT2D eigenvalue weighted by Gasteiger charge is 2.08. The Kier molecular flexibility index (Phi) is 7.10. The zero-order chi connectivity index (χ0) is 18.1. The molecule has 0 atom stereocenters. The van der Waals surface area contributed by atoms with Gasteiger partial charge in [-0.15, -0.1) is 0 Å². The Hall–Kier alpha value is -2.73. The summed E-state index contributed by atoms with van der Waals surface area (Å²) in [6.07, 6.45) is 0.0310. The molecule has 0 unspecified atom stereocenters. The minimum absolute atomic E-state index is 0.0310. The Morgan fingerprint density at radius 3 is 2.52 bits per heavy atom. The van der Waals surface area contributed by atoms with Crippen molar-refractivity contribution in [2.75, 3.05) is 18.4 Å². The van der Waals surface area contributed by atoms with Crippen LogP contribution < -0.4 is 16.0 Å². The van der Waals surface area contributed by atoms with Crippen molar-refractivity contribution in [3.05, 3.63) is 65.5 Å². The zero-order valence-electron chi connectivity index (χ0n) is 14.1. The Bertz CT molecular complexity index is 734. The molecule has 25 heavy (non-hydrogen) atoms. The minimum Gasteiger partial charge on any atom is -0.347 e. The molecule has 3 N–H and O–H groups in total. The molecule has 2 aromatic carbocycles. The van der Waals surface area contributed by atoms with E-state index in [0.29, 0.717) is 11.3 Å². The van der Waals surface area contributed by atoms with Gasteiger partial charge in [0.2, 0.25) is 11.8 Å². The smallest absolute Gasteiger partial charge is 0.243 e. The first-order valence-corrected chi connectivity index (χ1v) is 8.17. The van der Waals surface area contributed by atoms with Gasteiger partial charge in [0.15, 0.2) is 0 Å². The van der Waals surface area contributed by atoms with Crippen LogP contribution in [0.4, 0.5) is 10.1 Å². The van der Waals surface area contributed by atoms with Gasteiger partial charge in [0, 0.05) is 12.2 Å². The summed E-state index contributed by atoms with van der Waals surface area (Å²) >= 11 is 0. The summed E-state index contributed by atoms with van der Waals surface area (Å²) in [5, 5.41) is 8.50. The molecule has 0 spiro atoms. The fourth-order valence-corrected chi connectivity index (χ4v) is 2.31. The normalized spacial score (nSPS) is 10.3. The van der Waals surface area contributed by atoms with Crippen molar-refractivity contribution in [2.24, 2.45) is 0 Å². The lowest BCUT2D eigenvalue weighted by Crippen LogP contribution is -2.33. The molecule has 0 fully saturated rings. The second kappa shape index (κ2) is 9.54. The minimum atomic E-state index is -0.388. The average Bonchev–Trinajstić information content (AvgIpc) is 2.58. The number of hydrogen-bond acceptors (Lipinski definition) is 3. The van der Waals surface area contributed by atoms with Crippen molar-refractivity contribution in [3.63, 3.8) is 0 Å². The number of rotatable bonds is 8. The lowest BCUT2D eigenvalue weighted by Gasteiger charge is -2.09. The van der Waals surface area contributed by atoms with Gasteiger partial charge in [-0.3, -0.25) is 9.59 Å². The Balaban J connectivity index is 1.79. The van der Waals surface area contributed by atoms with Crippen LogP contribution in [0.2, 0.25) is 0 Å². The summed E-state index contributed by atoms with van der Waals surface area (Å²) in [4.78, 5) is 23.8. The third kappa shape index (κ3) is 6.73. The third-order valence-electron chi connectivity index (χ3n) is 3.49. The molecule has 0 aromatic heterocycles. The second-order valence-corrected chi connectivity index (χ2v) is 5.61. The molecule has 2 aromatic rings. The second-order valence-electron chi connectivity index (χ2n) is 5.61. The molecular formula is C19H22FN3O2. The molecule has 2 rings (SSSR count). The van der Waals surface area contributed by atoms with Crippen LogP contribution in [0.25, 0.3) is 0 Å². The molecule has 0 aliphatic rings. The number of carbonyl (C=O) groups excluding carboxylic acids is 2. The summed E-state index contributed by atoms with van der Waals surface area (Å²) in [5.74, 6) is -1.03. The van der Waals surface area contributed by atoms with E-state index in [1.165, 1.54) is 12.1 Å². The summed E-state index contributed by atoms with van der Waals surface area (Å²) in [7, 11) is 0. The maximum absolute atomic E-state index is 13.1. The van der Waals surface area contributed by atoms with Crippen LogP contribution >= 0.6 is 0 Å². The molecule has 0 aliphatic heterocycles. The third-order valence-corrected chi connectivity index (χ3v) is 3.49. The van der Waals surface area contributed by atoms with Crippen molar-refractivity contribution in [1.29, 1.82) is 0 Å². The lowest BCUT2D eigenvalue weighted by molar-refractivity contribution is -0.123. The number of amides is 2. The van der Waals surface area contributed by atoms with Crippen LogP contribution in [0, 0.1) is 5.82 Å². The largest absolute Gasteiger partial charge is 0.347 e. The molecule has 0 bridgehead atoms. The van der Waals surface area contributed by atoms with Gasteiger partial charge in [0.05, 0.1) is 13.0 Å². The molecule has 0 aliphatic carbocycles. The SMILES string of the molecule is CCNCc1cccc(NC(=O)CNC(=O)Cc2cccc(F)c2)c1. The number of halogens is 1. The standard InChI is InChI=1S/C19H22FN3O2/c1-2-21-12-15-6-4-8-17(10-15)23-19(25)13-22-18(24)11-14-5-3-7-16(20)9-14/h3-10,21H,2,11-13H2,1H3,(H,22,24)(H,23,25). The molecule has 0 saturated heterocycles. The summed E-state index contributed by atoms with van der Waals surface area (Å²) in [6, 6.07) is 13.3. The first kappa shape index (κ1) is 18.6. The van der Waals surface area contributed by atoms with E-state index >= 15 is 0 Å². The first-order chi connectivity index (χ1) is 12.1. The predicted octanol–water partition coefficient (Wildman–Crippen LogP) is 2.23. The number of nitrogens with one attached hydrogen (secondary N) is 3. The molecule has 0 saturated carbocycles. The van der Waals surface area contributed by atoms with Gasteiger partial charge in [-0.05, 0) is 41.9 Å². The summed E-state index contributed by atoms with van der Waals surface area (Å²) < 4.78 is 13.1. The predicted molar refractivity (Wildman–Crippen MR) is 95.6 cm³/mol. The quantitative estimate of drug-likeness (QED) is 0.688. The highest BCUT2D eigenvalue weighted by molar-refractivity contribution is 5.94. The van der Waals surface area contributed by atoms with E-state index in [9.17, 15) is 14.0 Å². The summed E-state index contributed by atoms with van der Waals surface area (Å²) in [6.45, 7) is 3.49. The van der Waals surface area contributed by atoms with E-state index in [2.05, 4.69) is 16.0 Å². The summed E-state index contributed by atoms with van der Waals surface area (Å²) in [5.41, 5.74) is 2.31. The maximum Gasteiger partial charge on any atom is 0.243 e. The van der Waals surface area contributed by atoms with Crippen LogP contribution in [-0.4, -0.2) is 24.9 Å². The van der Waals surface area contributed by atoms with E-state index < -0.39 is 0 Å². The topological polar surface area (TPSA) is 70.2 Å². The zero-order valence-corrected chi connectivity index (χ0v) is 14.1. The lowest BCUT2D eigenvalue weighted by atomic mass is 10.1. The highest BCUT2D eigenvalue weighted by Crippen LogP contribution is 2.10. The van der Waals surface area contributed by atoms with Gasteiger partial charge < -0.3 is 16.0 Å². The van der Waals surface area contributed by atoms with Gasteiger partial charge in [0.25, 0.3) is 0 Å². The molecule has 0 radical (unpaired) electrons. The molecule has 5 nitrogen and oxygen atoms in total. The number of benzene rings is 2. The van der Waals surface area contributed by atoms with Gasteiger partial charge in [0.1, 0.15) is 5.82 Å². The van der Waals surface area contributed by atoms with Gasteiger partial charge >= 0.3 is 0 Å². The maximum atomic E-state index is 13.1. The number of anilines is 1. The van der Waals surface area contributed by atoms with Gasteiger partial charge in [-0.25, -0.2) is 4.39 Å². The monoisotopic (exact) mass is 343 g/mol. The van der Waals surface area contributed by atoms with Crippen LogP contribution in [0.3, 0.4) is 0 Å². The van der Waals surface area contributed by atoms with Gasteiger partial charge in [-0.2, -0.15) is 0 Å². The fraction of sp³-hybridized carbons (Fsp3) is 0.263. The van der Waals surface area contributed by atoms with Crippen LogP contribution in [0.15, 0.2) is 48.5 Å². The Morgan fingerprint density at radius 2 is 1.76 bits per heavy atom. The van der Waals surface area contributed by atoms with Crippen molar-refractivity contribution in [3.8, 4) is 0 Å². The van der Waals surface area contributed by atoms with E-state index in [-0.39, 0.29) is 30.6 Å². The van der Waals surface area contributed by atoms with Gasteiger partial charge in [-0.1, -0.05) is 31.2 Å². The van der Waals surface area contributed by atoms with Crippen LogP contribution in [0.5, 0.6) is 0 Å². The average molecular weight is 343 g/mol. The Labute approximate surface area is 146 Å². The Morgan fingerprint density at radius 1 is 1.00 bits per heavy atom. The van der Waals surface area contributed by atoms with Crippen molar-refractivity contribution in [2.45, 2.75) is 19.9 Å². The highest BCUT2D eigenvalue weighted by atomic mass is 19.1. The fourth-order valence-electron chi connectivity index (χ4n) is 2.31. The van der Waals surface area contributed by atoms with Crippen molar-refractivity contribution in [1.82, 2.24) is 10.6 Å². The number of hydrogen-bond donors (Lipinski definition) is 3. The van der Waals surface area contributed by atoms with Crippen molar-refractivity contribution >= 4 is 17.5 Å². The molecule has 6 heteroatoms. The molecular weight excluding hydrogens is 321 g/mol. The molecule has 0 heterocycles.